The molecule has 3 aliphatic rings. The van der Waals surface area contributed by atoms with Crippen LogP contribution in [0.25, 0.3) is 0 Å². The van der Waals surface area contributed by atoms with E-state index < -0.39 is 11.9 Å². The molecule has 3 heterocycles. The normalized spacial score (nSPS) is 22.8. The molecular weight excluding hydrogens is 489 g/mol. The quantitative estimate of drug-likeness (QED) is 0.583. The number of carbonyl (C=O) groups is 3. The summed E-state index contributed by atoms with van der Waals surface area (Å²) < 4.78 is 27.0. The van der Waals surface area contributed by atoms with Gasteiger partial charge < -0.3 is 14.4 Å². The maximum atomic E-state index is 14.8. The van der Waals surface area contributed by atoms with Crippen LogP contribution in [-0.4, -0.2) is 57.9 Å². The van der Waals surface area contributed by atoms with E-state index in [1.807, 2.05) is 6.07 Å². The highest BCUT2D eigenvalue weighted by atomic mass is 19.1. The molecule has 8 nitrogen and oxygen atoms in total. The average molecular weight is 524 g/mol. The topological polar surface area (TPSA) is 88.2 Å². The van der Waals surface area contributed by atoms with Gasteiger partial charge in [0.05, 0.1) is 17.7 Å². The summed E-state index contributed by atoms with van der Waals surface area (Å²) in [5.41, 5.74) is 1.98. The van der Waals surface area contributed by atoms with Crippen LogP contribution in [0.3, 0.4) is 0 Å². The van der Waals surface area contributed by atoms with Gasteiger partial charge in [-0.05, 0) is 63.9 Å². The number of morpholine rings is 1. The summed E-state index contributed by atoms with van der Waals surface area (Å²) in [7, 11) is 0. The van der Waals surface area contributed by atoms with Gasteiger partial charge in [-0.15, -0.1) is 0 Å². The predicted molar refractivity (Wildman–Crippen MR) is 138 cm³/mol. The maximum Gasteiger partial charge on any atom is 0.255 e. The lowest BCUT2D eigenvalue weighted by Crippen LogP contribution is -2.56. The lowest BCUT2D eigenvalue weighted by Gasteiger charge is -2.47. The summed E-state index contributed by atoms with van der Waals surface area (Å²) in [5.74, 6) is -0.942. The molecule has 2 aromatic rings. The zero-order chi connectivity index (χ0) is 27.2. The Morgan fingerprint density at radius 3 is 2.53 bits per heavy atom. The fraction of sp³-hybridized carbons (Fsp3) is 0.483. The minimum Gasteiger partial charge on any atom is -0.488 e. The van der Waals surface area contributed by atoms with Gasteiger partial charge in [-0.3, -0.25) is 24.6 Å². The number of nitrogens with zero attached hydrogens (tertiary/aromatic N) is 2. The SMILES string of the molecule is CC1(C)CN(Cc2ccc(F)c(COc3cccc4c3CN(C3CCC(=O)NC3=O)C4=O)c2)CC(C)(C)O1. The zero-order valence-corrected chi connectivity index (χ0v) is 22.3. The third-order valence-electron chi connectivity index (χ3n) is 7.20. The molecule has 0 spiro atoms. The van der Waals surface area contributed by atoms with Crippen LogP contribution < -0.4 is 10.1 Å². The molecule has 1 atom stereocenters. The molecule has 1 unspecified atom stereocenters. The number of rotatable bonds is 6. The Bertz CT molecular complexity index is 1270. The van der Waals surface area contributed by atoms with Crippen molar-refractivity contribution in [3.8, 4) is 5.75 Å². The number of hydrogen-bond donors (Lipinski definition) is 1. The first-order valence-electron chi connectivity index (χ1n) is 13.0. The highest BCUT2D eigenvalue weighted by molar-refractivity contribution is 6.05. The second-order valence-corrected chi connectivity index (χ2v) is 11.7. The van der Waals surface area contributed by atoms with E-state index in [9.17, 15) is 18.8 Å². The van der Waals surface area contributed by atoms with Crippen LogP contribution in [0.2, 0.25) is 0 Å². The van der Waals surface area contributed by atoms with Crippen molar-refractivity contribution in [3.63, 3.8) is 0 Å². The third-order valence-corrected chi connectivity index (χ3v) is 7.20. The fourth-order valence-electron chi connectivity index (χ4n) is 6.00. The number of piperidine rings is 1. The van der Waals surface area contributed by atoms with Crippen molar-refractivity contribution in [2.75, 3.05) is 13.1 Å². The molecule has 5 rings (SSSR count). The third kappa shape index (κ3) is 5.44. The highest BCUT2D eigenvalue weighted by Crippen LogP contribution is 2.34. The van der Waals surface area contributed by atoms with Gasteiger partial charge in [-0.1, -0.05) is 12.1 Å². The number of amides is 3. The molecule has 2 aromatic carbocycles. The highest BCUT2D eigenvalue weighted by Gasteiger charge is 2.40. The average Bonchev–Trinajstić information content (AvgIpc) is 3.14. The first-order valence-corrected chi connectivity index (χ1v) is 13.0. The smallest absolute Gasteiger partial charge is 0.255 e. The Balaban J connectivity index is 1.29. The number of hydrogen-bond acceptors (Lipinski definition) is 6. The molecule has 38 heavy (non-hydrogen) atoms. The molecule has 3 aliphatic heterocycles. The summed E-state index contributed by atoms with van der Waals surface area (Å²) >= 11 is 0. The number of benzene rings is 2. The first kappa shape index (κ1) is 26.3. The fourth-order valence-corrected chi connectivity index (χ4v) is 6.00. The van der Waals surface area contributed by atoms with E-state index in [2.05, 4.69) is 37.9 Å². The van der Waals surface area contributed by atoms with Gasteiger partial charge in [0.25, 0.3) is 5.91 Å². The van der Waals surface area contributed by atoms with E-state index in [1.54, 1.807) is 24.3 Å². The van der Waals surface area contributed by atoms with Crippen LogP contribution in [0.5, 0.6) is 5.75 Å². The Morgan fingerprint density at radius 1 is 1.08 bits per heavy atom. The molecule has 0 bridgehead atoms. The van der Waals surface area contributed by atoms with Crippen molar-refractivity contribution in [1.29, 1.82) is 0 Å². The van der Waals surface area contributed by atoms with E-state index in [-0.39, 0.29) is 54.8 Å². The van der Waals surface area contributed by atoms with Crippen molar-refractivity contribution in [1.82, 2.24) is 15.1 Å². The number of imide groups is 1. The van der Waals surface area contributed by atoms with E-state index >= 15 is 0 Å². The summed E-state index contributed by atoms with van der Waals surface area (Å²) in [6.45, 7) is 10.7. The monoisotopic (exact) mass is 523 g/mol. The van der Waals surface area contributed by atoms with Crippen LogP contribution in [0, 0.1) is 5.82 Å². The van der Waals surface area contributed by atoms with Crippen molar-refractivity contribution >= 4 is 17.7 Å². The molecule has 0 aliphatic carbocycles. The Kier molecular flexibility index (Phi) is 6.77. The summed E-state index contributed by atoms with van der Waals surface area (Å²) in [4.78, 5) is 40.8. The predicted octanol–water partition coefficient (Wildman–Crippen LogP) is 3.56. The van der Waals surface area contributed by atoms with E-state index in [4.69, 9.17) is 9.47 Å². The molecule has 0 aromatic heterocycles. The molecular formula is C29H34FN3O5. The summed E-state index contributed by atoms with van der Waals surface area (Å²) in [6.07, 6.45) is 0.477. The van der Waals surface area contributed by atoms with Crippen LogP contribution >= 0.6 is 0 Å². The lowest BCUT2D eigenvalue weighted by atomic mass is 9.98. The molecule has 0 radical (unpaired) electrons. The van der Waals surface area contributed by atoms with Gasteiger partial charge in [-0.25, -0.2) is 4.39 Å². The Hall–Kier alpha value is -3.30. The van der Waals surface area contributed by atoms with E-state index in [0.717, 1.165) is 18.7 Å². The molecule has 3 amide bonds. The largest absolute Gasteiger partial charge is 0.488 e. The van der Waals surface area contributed by atoms with Gasteiger partial charge in [0.15, 0.2) is 0 Å². The van der Waals surface area contributed by atoms with E-state index in [0.29, 0.717) is 29.0 Å². The van der Waals surface area contributed by atoms with Crippen molar-refractivity contribution in [2.24, 2.45) is 0 Å². The number of halogens is 1. The van der Waals surface area contributed by atoms with Crippen LogP contribution in [0.4, 0.5) is 4.39 Å². The second-order valence-electron chi connectivity index (χ2n) is 11.7. The van der Waals surface area contributed by atoms with Gasteiger partial charge >= 0.3 is 0 Å². The Labute approximate surface area is 222 Å². The molecule has 2 saturated heterocycles. The van der Waals surface area contributed by atoms with Crippen LogP contribution in [0.15, 0.2) is 36.4 Å². The van der Waals surface area contributed by atoms with Crippen molar-refractivity contribution in [2.45, 2.75) is 77.5 Å². The van der Waals surface area contributed by atoms with E-state index in [1.165, 1.54) is 11.0 Å². The van der Waals surface area contributed by atoms with Crippen LogP contribution in [-0.2, 0) is 34.0 Å². The van der Waals surface area contributed by atoms with Crippen LogP contribution in [0.1, 0.15) is 67.6 Å². The molecule has 202 valence electrons. The van der Waals surface area contributed by atoms with Gasteiger partial charge in [0.1, 0.15) is 24.2 Å². The van der Waals surface area contributed by atoms with Gasteiger partial charge in [0.2, 0.25) is 11.8 Å². The minimum absolute atomic E-state index is 0.00281. The van der Waals surface area contributed by atoms with Gasteiger partial charge in [0, 0.05) is 42.7 Å². The molecule has 2 fully saturated rings. The van der Waals surface area contributed by atoms with Gasteiger partial charge in [-0.2, -0.15) is 0 Å². The Morgan fingerprint density at radius 2 is 1.82 bits per heavy atom. The summed E-state index contributed by atoms with van der Waals surface area (Å²) in [6, 6.07) is 9.55. The number of carbonyl (C=O) groups excluding carboxylic acids is 3. The molecule has 1 N–H and O–H groups in total. The summed E-state index contributed by atoms with van der Waals surface area (Å²) in [5, 5.41) is 2.31. The minimum atomic E-state index is -0.704. The van der Waals surface area contributed by atoms with Crippen molar-refractivity contribution < 1.29 is 28.2 Å². The van der Waals surface area contributed by atoms with Crippen molar-refractivity contribution in [3.05, 3.63) is 64.5 Å². The number of ether oxygens (including phenoxy) is 2. The standard InChI is InChI=1S/C29H34FN3O5/c1-28(2)16-32(17-29(3,4)38-28)13-18-8-9-22(30)19(12-18)15-37-24-7-5-6-20-21(24)14-33(27(20)36)23-10-11-25(34)31-26(23)35/h5-9,12,23H,10-11,13-17H2,1-4H3,(H,31,34,35). The first-order chi connectivity index (χ1) is 17.9. The second kappa shape index (κ2) is 9.78. The number of nitrogens with one attached hydrogen (secondary N) is 1. The zero-order valence-electron chi connectivity index (χ0n) is 22.3. The lowest BCUT2D eigenvalue weighted by molar-refractivity contribution is -0.182. The number of fused-ring (bicyclic) bond motifs is 1. The molecule has 0 saturated carbocycles. The maximum absolute atomic E-state index is 14.8. The molecule has 9 heteroatoms.